The van der Waals surface area contributed by atoms with E-state index >= 15 is 0 Å². The SMILES string of the molecule is CC(CC(N)Cc1ccc(Br)cc1F)CC(C)(C)C. The maximum atomic E-state index is 13.7. The summed E-state index contributed by atoms with van der Waals surface area (Å²) in [6.45, 7) is 8.94. The molecule has 2 unspecified atom stereocenters. The van der Waals surface area contributed by atoms with Crippen molar-refractivity contribution in [3.05, 3.63) is 34.1 Å². The van der Waals surface area contributed by atoms with Gasteiger partial charge in [-0.15, -0.1) is 0 Å². The van der Waals surface area contributed by atoms with Gasteiger partial charge in [-0.2, -0.15) is 0 Å². The molecule has 0 aromatic heterocycles. The van der Waals surface area contributed by atoms with Crippen molar-refractivity contribution >= 4 is 15.9 Å². The lowest BCUT2D eigenvalue weighted by Crippen LogP contribution is -2.27. The van der Waals surface area contributed by atoms with Gasteiger partial charge in [0.1, 0.15) is 5.82 Å². The third-order valence-electron chi connectivity index (χ3n) is 3.16. The highest BCUT2D eigenvalue weighted by atomic mass is 79.9. The summed E-state index contributed by atoms with van der Waals surface area (Å²) >= 11 is 3.26. The molecular formula is C16H25BrFN. The third kappa shape index (κ3) is 6.53. The van der Waals surface area contributed by atoms with E-state index in [9.17, 15) is 4.39 Å². The largest absolute Gasteiger partial charge is 0.327 e. The Hall–Kier alpha value is -0.410. The molecule has 2 N–H and O–H groups in total. The first-order chi connectivity index (χ1) is 8.67. The van der Waals surface area contributed by atoms with Crippen LogP contribution in [-0.4, -0.2) is 6.04 Å². The molecule has 0 spiro atoms. The highest BCUT2D eigenvalue weighted by molar-refractivity contribution is 9.10. The van der Waals surface area contributed by atoms with Crippen molar-refractivity contribution in [3.63, 3.8) is 0 Å². The molecular weight excluding hydrogens is 305 g/mol. The van der Waals surface area contributed by atoms with Crippen molar-refractivity contribution in [1.82, 2.24) is 0 Å². The molecule has 2 atom stereocenters. The Morgan fingerprint density at radius 2 is 1.95 bits per heavy atom. The van der Waals surface area contributed by atoms with E-state index in [2.05, 4.69) is 43.6 Å². The Balaban J connectivity index is 2.53. The minimum absolute atomic E-state index is 0.0213. The minimum Gasteiger partial charge on any atom is -0.327 e. The van der Waals surface area contributed by atoms with Gasteiger partial charge in [0.15, 0.2) is 0 Å². The van der Waals surface area contributed by atoms with Gasteiger partial charge in [-0.25, -0.2) is 4.39 Å². The van der Waals surface area contributed by atoms with Crippen molar-refractivity contribution in [2.45, 2.75) is 53.0 Å². The predicted molar refractivity (Wildman–Crippen MR) is 83.6 cm³/mol. The molecule has 0 radical (unpaired) electrons. The zero-order valence-electron chi connectivity index (χ0n) is 12.3. The quantitative estimate of drug-likeness (QED) is 0.815. The summed E-state index contributed by atoms with van der Waals surface area (Å²) in [5.74, 6) is 0.391. The molecule has 1 aromatic carbocycles. The minimum atomic E-state index is -0.173. The number of halogens is 2. The van der Waals surface area contributed by atoms with E-state index in [1.165, 1.54) is 6.07 Å². The molecule has 0 aliphatic carbocycles. The van der Waals surface area contributed by atoms with Gasteiger partial charge in [0.2, 0.25) is 0 Å². The van der Waals surface area contributed by atoms with Crippen LogP contribution in [0.25, 0.3) is 0 Å². The monoisotopic (exact) mass is 329 g/mol. The Labute approximate surface area is 124 Å². The smallest absolute Gasteiger partial charge is 0.127 e. The van der Waals surface area contributed by atoms with Gasteiger partial charge in [0, 0.05) is 10.5 Å². The lowest BCUT2D eigenvalue weighted by molar-refractivity contribution is 0.285. The number of rotatable bonds is 5. The topological polar surface area (TPSA) is 26.0 Å². The van der Waals surface area contributed by atoms with E-state index in [4.69, 9.17) is 5.73 Å². The van der Waals surface area contributed by atoms with E-state index in [0.717, 1.165) is 17.3 Å². The molecule has 3 heteroatoms. The molecule has 19 heavy (non-hydrogen) atoms. The summed E-state index contributed by atoms with van der Waals surface area (Å²) in [5, 5.41) is 0. The fourth-order valence-corrected chi connectivity index (χ4v) is 3.03. The number of nitrogens with two attached hydrogens (primary N) is 1. The molecule has 0 saturated heterocycles. The van der Waals surface area contributed by atoms with Crippen LogP contribution in [0, 0.1) is 17.2 Å². The van der Waals surface area contributed by atoms with Crippen LogP contribution in [0.4, 0.5) is 4.39 Å². The first kappa shape index (κ1) is 16.6. The summed E-state index contributed by atoms with van der Waals surface area (Å²) in [6.07, 6.45) is 2.68. The average Bonchev–Trinajstić information content (AvgIpc) is 2.19. The number of benzene rings is 1. The molecule has 0 heterocycles. The number of hydrogen-bond donors (Lipinski definition) is 1. The second-order valence-corrected chi connectivity index (χ2v) is 7.72. The van der Waals surface area contributed by atoms with Crippen LogP contribution in [-0.2, 0) is 6.42 Å². The van der Waals surface area contributed by atoms with Crippen LogP contribution < -0.4 is 5.73 Å². The molecule has 108 valence electrons. The van der Waals surface area contributed by atoms with E-state index in [-0.39, 0.29) is 11.9 Å². The van der Waals surface area contributed by atoms with E-state index < -0.39 is 0 Å². The predicted octanol–water partition coefficient (Wildman–Crippen LogP) is 4.92. The van der Waals surface area contributed by atoms with Crippen molar-refractivity contribution < 1.29 is 4.39 Å². The Kier molecular flexibility index (Phi) is 6.00. The van der Waals surface area contributed by atoms with Crippen LogP contribution >= 0.6 is 15.9 Å². The Morgan fingerprint density at radius 1 is 1.32 bits per heavy atom. The van der Waals surface area contributed by atoms with Gasteiger partial charge in [-0.3, -0.25) is 0 Å². The van der Waals surface area contributed by atoms with E-state index in [0.29, 0.717) is 23.3 Å². The first-order valence-electron chi connectivity index (χ1n) is 6.87. The molecule has 0 aliphatic heterocycles. The second-order valence-electron chi connectivity index (χ2n) is 6.81. The molecule has 1 rings (SSSR count). The van der Waals surface area contributed by atoms with Crippen molar-refractivity contribution in [2.24, 2.45) is 17.1 Å². The van der Waals surface area contributed by atoms with E-state index in [1.807, 2.05) is 12.1 Å². The molecule has 0 bridgehead atoms. The summed E-state index contributed by atoms with van der Waals surface area (Å²) in [7, 11) is 0. The summed E-state index contributed by atoms with van der Waals surface area (Å²) < 4.78 is 14.5. The third-order valence-corrected chi connectivity index (χ3v) is 3.66. The lowest BCUT2D eigenvalue weighted by Gasteiger charge is -2.25. The van der Waals surface area contributed by atoms with Crippen molar-refractivity contribution in [2.75, 3.05) is 0 Å². The van der Waals surface area contributed by atoms with Crippen LogP contribution in [0.1, 0.15) is 46.1 Å². The van der Waals surface area contributed by atoms with Gasteiger partial charge in [0.05, 0.1) is 0 Å². The van der Waals surface area contributed by atoms with Crippen LogP contribution in [0.3, 0.4) is 0 Å². The molecule has 0 fully saturated rings. The van der Waals surface area contributed by atoms with Gasteiger partial charge in [0.25, 0.3) is 0 Å². The Bertz CT molecular complexity index is 412. The zero-order chi connectivity index (χ0) is 14.6. The zero-order valence-corrected chi connectivity index (χ0v) is 13.9. The standard InChI is InChI=1S/C16H25BrFN/c1-11(10-16(2,3)4)7-14(19)8-12-5-6-13(17)9-15(12)18/h5-6,9,11,14H,7-8,10,19H2,1-4H3. The summed E-state index contributed by atoms with van der Waals surface area (Å²) in [4.78, 5) is 0. The molecule has 0 amide bonds. The fourth-order valence-electron chi connectivity index (χ4n) is 2.70. The highest BCUT2D eigenvalue weighted by Gasteiger charge is 2.18. The Morgan fingerprint density at radius 3 is 2.47 bits per heavy atom. The second kappa shape index (κ2) is 6.85. The van der Waals surface area contributed by atoms with Gasteiger partial charge in [-0.1, -0.05) is 49.7 Å². The van der Waals surface area contributed by atoms with Gasteiger partial charge in [-0.05, 0) is 48.3 Å². The van der Waals surface area contributed by atoms with Gasteiger partial charge < -0.3 is 5.73 Å². The van der Waals surface area contributed by atoms with Crippen LogP contribution in [0.5, 0.6) is 0 Å². The highest BCUT2D eigenvalue weighted by Crippen LogP contribution is 2.27. The maximum Gasteiger partial charge on any atom is 0.127 e. The van der Waals surface area contributed by atoms with Crippen LogP contribution in [0.2, 0.25) is 0 Å². The van der Waals surface area contributed by atoms with Gasteiger partial charge >= 0.3 is 0 Å². The maximum absolute atomic E-state index is 13.7. The fraction of sp³-hybridized carbons (Fsp3) is 0.625. The van der Waals surface area contributed by atoms with Crippen LogP contribution in [0.15, 0.2) is 22.7 Å². The summed E-state index contributed by atoms with van der Waals surface area (Å²) in [5.41, 5.74) is 7.18. The van der Waals surface area contributed by atoms with E-state index in [1.54, 1.807) is 0 Å². The summed E-state index contributed by atoms with van der Waals surface area (Å²) in [6, 6.07) is 5.20. The van der Waals surface area contributed by atoms with Crippen molar-refractivity contribution in [3.8, 4) is 0 Å². The average molecular weight is 330 g/mol. The molecule has 0 aliphatic rings. The van der Waals surface area contributed by atoms with Crippen molar-refractivity contribution in [1.29, 1.82) is 0 Å². The lowest BCUT2D eigenvalue weighted by atomic mass is 9.82. The molecule has 0 saturated carbocycles. The normalized spacial score (nSPS) is 15.3. The molecule has 1 aromatic rings. The number of hydrogen-bond acceptors (Lipinski definition) is 1. The molecule has 1 nitrogen and oxygen atoms in total. The first-order valence-corrected chi connectivity index (χ1v) is 7.66.